The SMILES string of the molecule is C=CC(=O)SCC1CSCC(CSC(=O)C=C)[Se]1. The standard InChI is InChI=1S/C12H16O2S3Se/c1-3-11(13)16-7-9-5-15-6-10(18-9)8-17-12(14)4-2/h3-4,9-10H,1-2,5-8H2. The van der Waals surface area contributed by atoms with Crippen molar-refractivity contribution in [3.05, 3.63) is 25.3 Å². The molecule has 0 aromatic rings. The first kappa shape index (κ1) is 16.4. The van der Waals surface area contributed by atoms with Crippen LogP contribution in [0.5, 0.6) is 0 Å². The fraction of sp³-hybridized carbons (Fsp3) is 0.500. The Labute approximate surface area is 127 Å². The molecule has 0 aromatic carbocycles. The second-order valence-electron chi connectivity index (χ2n) is 3.59. The first-order valence-corrected chi connectivity index (χ1v) is 10.6. The Morgan fingerprint density at radius 2 is 1.56 bits per heavy atom. The van der Waals surface area contributed by atoms with Crippen LogP contribution in [0, 0.1) is 0 Å². The molecule has 2 unspecified atom stereocenters. The molecule has 0 aliphatic carbocycles. The van der Waals surface area contributed by atoms with Gasteiger partial charge in [-0.1, -0.05) is 0 Å². The topological polar surface area (TPSA) is 34.1 Å². The van der Waals surface area contributed by atoms with Crippen LogP contribution in [0.1, 0.15) is 0 Å². The zero-order chi connectivity index (χ0) is 13.4. The number of thioether (sulfide) groups is 3. The second-order valence-corrected chi connectivity index (χ2v) is 10.1. The summed E-state index contributed by atoms with van der Waals surface area (Å²) in [7, 11) is 0. The summed E-state index contributed by atoms with van der Waals surface area (Å²) in [6.07, 6.45) is 2.76. The number of rotatable bonds is 6. The molecule has 18 heavy (non-hydrogen) atoms. The first-order chi connectivity index (χ1) is 8.65. The maximum atomic E-state index is 11.2. The summed E-state index contributed by atoms with van der Waals surface area (Å²) in [6, 6.07) is 0. The molecule has 0 radical (unpaired) electrons. The van der Waals surface area contributed by atoms with Crippen molar-refractivity contribution in [2.75, 3.05) is 23.0 Å². The van der Waals surface area contributed by atoms with Gasteiger partial charge in [-0.2, -0.15) is 0 Å². The van der Waals surface area contributed by atoms with E-state index in [1.54, 1.807) is 0 Å². The van der Waals surface area contributed by atoms with E-state index in [9.17, 15) is 9.59 Å². The molecule has 1 rings (SSSR count). The van der Waals surface area contributed by atoms with Crippen LogP contribution in [0.4, 0.5) is 0 Å². The molecule has 0 amide bonds. The molecular weight excluding hydrogens is 351 g/mol. The van der Waals surface area contributed by atoms with Gasteiger partial charge in [0.25, 0.3) is 0 Å². The average molecular weight is 367 g/mol. The summed E-state index contributed by atoms with van der Waals surface area (Å²) in [5, 5.41) is 0.128. The van der Waals surface area contributed by atoms with Crippen molar-refractivity contribution in [3.63, 3.8) is 0 Å². The number of hydrogen-bond acceptors (Lipinski definition) is 5. The van der Waals surface area contributed by atoms with E-state index in [4.69, 9.17) is 0 Å². The van der Waals surface area contributed by atoms with E-state index in [2.05, 4.69) is 13.2 Å². The Morgan fingerprint density at radius 1 is 1.11 bits per heavy atom. The Bertz CT molecular complexity index is 303. The number of carbonyl (C=O) groups is 2. The van der Waals surface area contributed by atoms with Crippen molar-refractivity contribution >= 4 is 60.5 Å². The van der Waals surface area contributed by atoms with Crippen LogP contribution in [0.15, 0.2) is 25.3 Å². The van der Waals surface area contributed by atoms with Gasteiger partial charge in [-0.25, -0.2) is 0 Å². The Hall–Kier alpha value is 0.389. The Morgan fingerprint density at radius 3 is 1.94 bits per heavy atom. The van der Waals surface area contributed by atoms with Gasteiger partial charge in [0.15, 0.2) is 0 Å². The fourth-order valence-electron chi connectivity index (χ4n) is 1.32. The van der Waals surface area contributed by atoms with Gasteiger partial charge >= 0.3 is 128 Å². The van der Waals surface area contributed by atoms with Crippen LogP contribution >= 0.6 is 35.3 Å². The summed E-state index contributed by atoms with van der Waals surface area (Å²) in [6.45, 7) is 6.95. The fourth-order valence-corrected chi connectivity index (χ4v) is 9.19. The van der Waals surface area contributed by atoms with Gasteiger partial charge in [-0.3, -0.25) is 0 Å². The summed E-state index contributed by atoms with van der Waals surface area (Å²) in [5.74, 6) is 4.09. The zero-order valence-electron chi connectivity index (χ0n) is 10.0. The number of carbonyl (C=O) groups excluding carboxylic acids is 2. The van der Waals surface area contributed by atoms with Crippen molar-refractivity contribution in [3.8, 4) is 0 Å². The van der Waals surface area contributed by atoms with E-state index >= 15 is 0 Å². The molecule has 1 saturated heterocycles. The Balaban J connectivity index is 2.27. The Kier molecular flexibility index (Phi) is 8.51. The van der Waals surface area contributed by atoms with Crippen LogP contribution < -0.4 is 0 Å². The third-order valence-electron chi connectivity index (χ3n) is 2.15. The third kappa shape index (κ3) is 6.53. The van der Waals surface area contributed by atoms with Crippen LogP contribution in [-0.4, -0.2) is 48.2 Å². The molecule has 0 spiro atoms. The van der Waals surface area contributed by atoms with Gasteiger partial charge in [-0.15, -0.1) is 0 Å². The van der Waals surface area contributed by atoms with E-state index < -0.39 is 0 Å². The average Bonchev–Trinajstić information content (AvgIpc) is 2.42. The first-order valence-electron chi connectivity index (χ1n) is 5.47. The summed E-state index contributed by atoms with van der Waals surface area (Å²) >= 11 is 5.20. The molecule has 6 heteroatoms. The summed E-state index contributed by atoms with van der Waals surface area (Å²) in [5.41, 5.74) is 0. The summed E-state index contributed by atoms with van der Waals surface area (Å²) < 4.78 is 0. The normalized spacial score (nSPS) is 23.3. The summed E-state index contributed by atoms with van der Waals surface area (Å²) in [4.78, 5) is 23.6. The van der Waals surface area contributed by atoms with Crippen molar-refractivity contribution in [1.82, 2.24) is 0 Å². The van der Waals surface area contributed by atoms with Crippen molar-refractivity contribution < 1.29 is 9.59 Å². The van der Waals surface area contributed by atoms with Gasteiger partial charge < -0.3 is 0 Å². The molecule has 0 N–H and O–H groups in total. The minimum atomic E-state index is 0.0640. The van der Waals surface area contributed by atoms with Crippen molar-refractivity contribution in [2.24, 2.45) is 0 Å². The van der Waals surface area contributed by atoms with Gasteiger partial charge in [0.05, 0.1) is 0 Å². The van der Waals surface area contributed by atoms with Crippen molar-refractivity contribution in [1.29, 1.82) is 0 Å². The van der Waals surface area contributed by atoms with Gasteiger partial charge in [0.1, 0.15) is 0 Å². The molecule has 1 aliphatic heterocycles. The van der Waals surface area contributed by atoms with Gasteiger partial charge in [0, 0.05) is 0 Å². The number of hydrogen-bond donors (Lipinski definition) is 0. The van der Waals surface area contributed by atoms with Gasteiger partial charge in [0.2, 0.25) is 0 Å². The van der Waals surface area contributed by atoms with E-state index in [-0.39, 0.29) is 10.2 Å². The molecule has 0 saturated carbocycles. The predicted molar refractivity (Wildman–Crippen MR) is 85.9 cm³/mol. The molecule has 0 aromatic heterocycles. The molecule has 2 nitrogen and oxygen atoms in total. The van der Waals surface area contributed by atoms with Crippen molar-refractivity contribution in [2.45, 2.75) is 9.63 Å². The molecule has 0 bridgehead atoms. The molecular formula is C12H16O2S3Se. The van der Waals surface area contributed by atoms with E-state index in [1.807, 2.05) is 11.8 Å². The van der Waals surface area contributed by atoms with E-state index in [0.29, 0.717) is 24.6 Å². The second kappa shape index (κ2) is 9.32. The molecule has 2 atom stereocenters. The molecule has 1 fully saturated rings. The molecule has 100 valence electrons. The van der Waals surface area contributed by atoms with Crippen LogP contribution in [0.25, 0.3) is 0 Å². The van der Waals surface area contributed by atoms with Crippen LogP contribution in [0.3, 0.4) is 0 Å². The quantitative estimate of drug-likeness (QED) is 0.533. The predicted octanol–water partition coefficient (Wildman–Crippen LogP) is 2.91. The minimum absolute atomic E-state index is 0.0640. The van der Waals surface area contributed by atoms with Gasteiger partial charge in [-0.05, 0) is 0 Å². The molecule has 1 aliphatic rings. The van der Waals surface area contributed by atoms with E-state index in [1.165, 1.54) is 35.7 Å². The monoisotopic (exact) mass is 368 g/mol. The molecule has 1 heterocycles. The van der Waals surface area contributed by atoms with Crippen LogP contribution in [0.2, 0.25) is 9.63 Å². The third-order valence-corrected chi connectivity index (χ3v) is 10.4. The van der Waals surface area contributed by atoms with Crippen LogP contribution in [-0.2, 0) is 9.59 Å². The van der Waals surface area contributed by atoms with E-state index in [0.717, 1.165) is 23.0 Å². The maximum absolute atomic E-state index is 11.2. The zero-order valence-corrected chi connectivity index (χ0v) is 14.2.